The number of morpholine rings is 1. The normalized spacial score (nSPS) is 20.6. The first-order chi connectivity index (χ1) is 18.9. The number of rotatable bonds is 6. The van der Waals surface area contributed by atoms with Gasteiger partial charge in [-0.3, -0.25) is 0 Å². The Labute approximate surface area is 231 Å². The van der Waals surface area contributed by atoms with Crippen LogP contribution in [0.3, 0.4) is 0 Å². The van der Waals surface area contributed by atoms with Crippen molar-refractivity contribution in [2.24, 2.45) is 0 Å². The van der Waals surface area contributed by atoms with Crippen molar-refractivity contribution >= 4 is 29.1 Å². The molecule has 1 saturated heterocycles. The van der Waals surface area contributed by atoms with Gasteiger partial charge >= 0.3 is 0 Å². The molecule has 1 unspecified atom stereocenters. The van der Waals surface area contributed by atoms with Gasteiger partial charge in [-0.15, -0.1) is 0 Å². The molecule has 4 aromatic rings. The highest BCUT2D eigenvalue weighted by molar-refractivity contribution is 6.29. The standard InChI is InChI=1S/C29H30ClFN6O2/c1-17-13-36(14-18(2)39-17)28-23-10-9-22(19-4-6-20(31)7-5-19)27(23)34-29(35-28)33-21-8-11-24(25(12-21)38-3)37-15-26(30)32-16-37/h4-8,11-12,15-18,22H,9-10,13-14H2,1-3H3,(H,33,34,35)/t17-,18+,22?. The number of hydrogen-bond donors (Lipinski definition) is 1. The molecule has 2 aromatic heterocycles. The second kappa shape index (κ2) is 10.5. The zero-order chi connectivity index (χ0) is 27.1. The monoisotopic (exact) mass is 548 g/mol. The van der Waals surface area contributed by atoms with Crippen LogP contribution in [0.1, 0.15) is 43.0 Å². The molecule has 8 nitrogen and oxygen atoms in total. The third kappa shape index (κ3) is 5.16. The highest BCUT2D eigenvalue weighted by Crippen LogP contribution is 2.42. The van der Waals surface area contributed by atoms with Crippen molar-refractivity contribution in [2.45, 2.75) is 44.8 Å². The van der Waals surface area contributed by atoms with Crippen molar-refractivity contribution in [3.63, 3.8) is 0 Å². The molecule has 0 amide bonds. The summed E-state index contributed by atoms with van der Waals surface area (Å²) in [5.41, 5.74) is 4.79. The lowest BCUT2D eigenvalue weighted by Crippen LogP contribution is -2.46. The number of ether oxygens (including phenoxy) is 2. The predicted octanol–water partition coefficient (Wildman–Crippen LogP) is 5.90. The van der Waals surface area contributed by atoms with Gasteiger partial charge in [0, 0.05) is 42.5 Å². The number of nitrogens with one attached hydrogen (secondary N) is 1. The fourth-order valence-corrected chi connectivity index (χ4v) is 5.81. The Bertz CT molecular complexity index is 1480. The van der Waals surface area contributed by atoms with Gasteiger partial charge < -0.3 is 24.3 Å². The molecule has 3 heterocycles. The maximum atomic E-state index is 13.7. The van der Waals surface area contributed by atoms with E-state index in [2.05, 4.69) is 29.0 Å². The quantitative estimate of drug-likeness (QED) is 0.321. The van der Waals surface area contributed by atoms with Gasteiger partial charge in [-0.25, -0.2) is 14.4 Å². The van der Waals surface area contributed by atoms with Crippen LogP contribution in [0, 0.1) is 5.82 Å². The molecule has 2 aromatic carbocycles. The van der Waals surface area contributed by atoms with E-state index in [4.69, 9.17) is 31.0 Å². The molecule has 3 atom stereocenters. The molecule has 1 aliphatic carbocycles. The van der Waals surface area contributed by atoms with Crippen molar-refractivity contribution in [2.75, 3.05) is 30.4 Å². The van der Waals surface area contributed by atoms with Crippen molar-refractivity contribution in [1.29, 1.82) is 0 Å². The molecule has 1 aliphatic heterocycles. The molecular weight excluding hydrogens is 519 g/mol. The van der Waals surface area contributed by atoms with Crippen LogP contribution in [0.25, 0.3) is 5.69 Å². The van der Waals surface area contributed by atoms with Crippen LogP contribution in [-0.4, -0.2) is 51.9 Å². The summed E-state index contributed by atoms with van der Waals surface area (Å²) in [5.74, 6) is 1.92. The molecule has 0 bridgehead atoms. The van der Waals surface area contributed by atoms with Gasteiger partial charge in [0.25, 0.3) is 0 Å². The Morgan fingerprint density at radius 1 is 1.08 bits per heavy atom. The molecule has 0 spiro atoms. The van der Waals surface area contributed by atoms with Gasteiger partial charge in [0.15, 0.2) is 0 Å². The van der Waals surface area contributed by atoms with E-state index >= 15 is 0 Å². The third-order valence-electron chi connectivity index (χ3n) is 7.29. The Kier molecular flexibility index (Phi) is 6.86. The van der Waals surface area contributed by atoms with Crippen LogP contribution in [0.4, 0.5) is 21.8 Å². The predicted molar refractivity (Wildman–Crippen MR) is 149 cm³/mol. The summed E-state index contributed by atoms with van der Waals surface area (Å²) in [6.45, 7) is 5.69. The SMILES string of the molecule is COc1cc(Nc2nc3c(c(N4C[C@@H](C)O[C@@H](C)C4)n2)CCC3c2ccc(F)cc2)ccc1-n1cnc(Cl)c1. The second-order valence-electron chi connectivity index (χ2n) is 10.2. The Morgan fingerprint density at radius 3 is 2.54 bits per heavy atom. The summed E-state index contributed by atoms with van der Waals surface area (Å²) in [5, 5.41) is 3.81. The molecule has 39 heavy (non-hydrogen) atoms. The molecule has 0 radical (unpaired) electrons. The fourth-order valence-electron chi connectivity index (χ4n) is 5.66. The summed E-state index contributed by atoms with van der Waals surface area (Å²) in [4.78, 5) is 16.4. The van der Waals surface area contributed by atoms with Gasteiger partial charge in [-0.2, -0.15) is 4.98 Å². The van der Waals surface area contributed by atoms with Crippen LogP contribution in [-0.2, 0) is 11.2 Å². The molecule has 1 fully saturated rings. The average molecular weight is 549 g/mol. The van der Waals surface area contributed by atoms with E-state index in [1.54, 1.807) is 19.6 Å². The number of nitrogens with zero attached hydrogens (tertiary/aromatic N) is 5. The first kappa shape index (κ1) is 25.6. The first-order valence-electron chi connectivity index (χ1n) is 13.1. The average Bonchev–Trinajstić information content (AvgIpc) is 3.54. The lowest BCUT2D eigenvalue weighted by Gasteiger charge is -2.37. The molecule has 202 valence electrons. The van der Waals surface area contributed by atoms with Crippen molar-refractivity contribution in [1.82, 2.24) is 19.5 Å². The highest BCUT2D eigenvalue weighted by Gasteiger charge is 2.33. The molecule has 1 N–H and O–H groups in total. The minimum Gasteiger partial charge on any atom is -0.494 e. The zero-order valence-electron chi connectivity index (χ0n) is 22.1. The van der Waals surface area contributed by atoms with Gasteiger partial charge in [0.05, 0.1) is 30.7 Å². The number of benzene rings is 2. The number of methoxy groups -OCH3 is 1. The molecule has 6 rings (SSSR count). The topological polar surface area (TPSA) is 77.3 Å². The lowest BCUT2D eigenvalue weighted by molar-refractivity contribution is -0.00550. The number of imidazole rings is 1. The Morgan fingerprint density at radius 2 is 1.85 bits per heavy atom. The van der Waals surface area contributed by atoms with E-state index in [0.717, 1.165) is 59.9 Å². The van der Waals surface area contributed by atoms with Gasteiger partial charge in [0.2, 0.25) is 5.95 Å². The van der Waals surface area contributed by atoms with Crippen LogP contribution in [0.2, 0.25) is 5.15 Å². The lowest BCUT2D eigenvalue weighted by atomic mass is 9.96. The maximum absolute atomic E-state index is 13.7. The number of anilines is 3. The van der Waals surface area contributed by atoms with E-state index < -0.39 is 0 Å². The number of hydrogen-bond acceptors (Lipinski definition) is 7. The van der Waals surface area contributed by atoms with Crippen LogP contribution < -0.4 is 15.0 Å². The minimum atomic E-state index is -0.241. The molecular formula is C29H30ClFN6O2. The van der Waals surface area contributed by atoms with Gasteiger partial charge in [0.1, 0.15) is 28.9 Å². The van der Waals surface area contributed by atoms with Gasteiger partial charge in [-0.05, 0) is 56.5 Å². The summed E-state index contributed by atoms with van der Waals surface area (Å²) in [6, 6.07) is 12.5. The largest absolute Gasteiger partial charge is 0.494 e. The summed E-state index contributed by atoms with van der Waals surface area (Å²) in [6.07, 6.45) is 5.32. The van der Waals surface area contributed by atoms with Crippen molar-refractivity contribution in [3.8, 4) is 11.4 Å². The second-order valence-corrected chi connectivity index (χ2v) is 10.5. The van der Waals surface area contributed by atoms with E-state index in [1.165, 1.54) is 12.1 Å². The zero-order valence-corrected chi connectivity index (χ0v) is 22.8. The Balaban J connectivity index is 1.39. The fraction of sp³-hybridized carbons (Fsp3) is 0.345. The number of halogens is 2. The smallest absolute Gasteiger partial charge is 0.229 e. The molecule has 10 heteroatoms. The minimum absolute atomic E-state index is 0.0710. The number of aromatic nitrogens is 4. The third-order valence-corrected chi connectivity index (χ3v) is 7.48. The van der Waals surface area contributed by atoms with E-state index in [1.807, 2.05) is 34.9 Å². The van der Waals surface area contributed by atoms with Crippen LogP contribution in [0.15, 0.2) is 55.0 Å². The van der Waals surface area contributed by atoms with E-state index in [-0.39, 0.29) is 23.9 Å². The van der Waals surface area contributed by atoms with E-state index in [0.29, 0.717) is 16.9 Å². The van der Waals surface area contributed by atoms with Crippen LogP contribution in [0.5, 0.6) is 5.75 Å². The maximum Gasteiger partial charge on any atom is 0.229 e. The van der Waals surface area contributed by atoms with Crippen LogP contribution >= 0.6 is 11.6 Å². The highest BCUT2D eigenvalue weighted by atomic mass is 35.5. The summed E-state index contributed by atoms with van der Waals surface area (Å²) >= 11 is 6.02. The summed E-state index contributed by atoms with van der Waals surface area (Å²) in [7, 11) is 1.62. The number of fused-ring (bicyclic) bond motifs is 1. The first-order valence-corrected chi connectivity index (χ1v) is 13.5. The summed E-state index contributed by atoms with van der Waals surface area (Å²) < 4.78 is 27.1. The Hall–Kier alpha value is -3.69. The van der Waals surface area contributed by atoms with Crippen molar-refractivity contribution < 1.29 is 13.9 Å². The van der Waals surface area contributed by atoms with E-state index in [9.17, 15) is 4.39 Å². The molecule has 2 aliphatic rings. The molecule has 0 saturated carbocycles. The van der Waals surface area contributed by atoms with Crippen molar-refractivity contribution in [3.05, 3.63) is 82.8 Å². The van der Waals surface area contributed by atoms with Gasteiger partial charge in [-0.1, -0.05) is 23.7 Å².